The van der Waals surface area contributed by atoms with Crippen LogP contribution in [0.15, 0.2) is 54.6 Å². The minimum Gasteiger partial charge on any atom is -0.506 e. The maximum absolute atomic E-state index is 9.98. The molecule has 9 N–H and O–H groups in total. The van der Waals surface area contributed by atoms with Gasteiger partial charge in [-0.2, -0.15) is 0 Å². The number of anilines is 3. The molecule has 1 aromatic heterocycles. The van der Waals surface area contributed by atoms with Crippen LogP contribution in [-0.4, -0.2) is 30.3 Å². The maximum Gasteiger partial charge on any atom is 0.164 e. The first-order chi connectivity index (χ1) is 14.3. The van der Waals surface area contributed by atoms with Crippen molar-refractivity contribution in [1.82, 2.24) is 15.0 Å². The smallest absolute Gasteiger partial charge is 0.164 e. The zero-order valence-corrected chi connectivity index (χ0v) is 15.6. The van der Waals surface area contributed by atoms with E-state index in [9.17, 15) is 15.3 Å². The highest BCUT2D eigenvalue weighted by Gasteiger charge is 2.15. The van der Waals surface area contributed by atoms with E-state index in [1.54, 1.807) is 18.2 Å². The van der Waals surface area contributed by atoms with Crippen molar-refractivity contribution in [3.8, 4) is 51.4 Å². The van der Waals surface area contributed by atoms with Gasteiger partial charge in [-0.3, -0.25) is 0 Å². The summed E-state index contributed by atoms with van der Waals surface area (Å²) in [6.07, 6.45) is 0. The molecule has 0 amide bonds. The SMILES string of the molecule is Nc1ccc(-c2nc(-c3ccc(N)c(O)c3)nc(-c3ccc(N)c(O)c3)n2)cc1O. The van der Waals surface area contributed by atoms with Crippen molar-refractivity contribution in [3.05, 3.63) is 54.6 Å². The molecule has 0 aliphatic heterocycles. The van der Waals surface area contributed by atoms with Crippen molar-refractivity contribution in [2.75, 3.05) is 17.2 Å². The Morgan fingerprint density at radius 3 is 0.967 bits per heavy atom. The Kier molecular flexibility index (Phi) is 4.47. The highest BCUT2D eigenvalue weighted by Crippen LogP contribution is 2.32. The molecule has 0 radical (unpaired) electrons. The van der Waals surface area contributed by atoms with Crippen LogP contribution in [0.2, 0.25) is 0 Å². The van der Waals surface area contributed by atoms with Crippen LogP contribution in [0.1, 0.15) is 0 Å². The van der Waals surface area contributed by atoms with Crippen LogP contribution >= 0.6 is 0 Å². The number of phenolic OH excluding ortho intramolecular Hbond substituents is 3. The molecule has 150 valence electrons. The van der Waals surface area contributed by atoms with Gasteiger partial charge in [0.05, 0.1) is 17.1 Å². The molecule has 0 spiro atoms. The summed E-state index contributed by atoms with van der Waals surface area (Å²) < 4.78 is 0. The van der Waals surface area contributed by atoms with Gasteiger partial charge in [0, 0.05) is 16.7 Å². The van der Waals surface area contributed by atoms with Gasteiger partial charge in [-0.05, 0) is 54.6 Å². The summed E-state index contributed by atoms with van der Waals surface area (Å²) in [7, 11) is 0. The molecule has 9 heteroatoms. The number of phenols is 3. The fourth-order valence-corrected chi connectivity index (χ4v) is 2.81. The van der Waals surface area contributed by atoms with Crippen molar-refractivity contribution >= 4 is 17.1 Å². The molecule has 3 aromatic carbocycles. The van der Waals surface area contributed by atoms with Gasteiger partial charge in [0.1, 0.15) is 17.2 Å². The molecule has 0 aliphatic rings. The first kappa shape index (κ1) is 18.8. The van der Waals surface area contributed by atoms with Crippen LogP contribution in [0.25, 0.3) is 34.2 Å². The zero-order valence-electron chi connectivity index (χ0n) is 15.6. The van der Waals surface area contributed by atoms with Crippen molar-refractivity contribution in [1.29, 1.82) is 0 Å². The van der Waals surface area contributed by atoms with Crippen LogP contribution in [0.3, 0.4) is 0 Å². The number of hydrogen-bond acceptors (Lipinski definition) is 9. The molecule has 0 saturated carbocycles. The first-order valence-corrected chi connectivity index (χ1v) is 8.84. The molecule has 0 saturated heterocycles. The zero-order chi connectivity index (χ0) is 21.4. The topological polar surface area (TPSA) is 177 Å². The number of nitrogens with zero attached hydrogens (tertiary/aromatic N) is 3. The average molecular weight is 402 g/mol. The number of aromatic hydroxyl groups is 3. The summed E-state index contributed by atoms with van der Waals surface area (Å²) in [5.41, 5.74) is 19.2. The summed E-state index contributed by atoms with van der Waals surface area (Å²) in [5.74, 6) is 0.470. The third kappa shape index (κ3) is 3.47. The number of nitrogen functional groups attached to an aromatic ring is 3. The summed E-state index contributed by atoms with van der Waals surface area (Å²) in [6.45, 7) is 0. The van der Waals surface area contributed by atoms with E-state index in [-0.39, 0.29) is 51.8 Å². The van der Waals surface area contributed by atoms with E-state index >= 15 is 0 Å². The van der Waals surface area contributed by atoms with E-state index < -0.39 is 0 Å². The largest absolute Gasteiger partial charge is 0.506 e. The van der Waals surface area contributed by atoms with Crippen molar-refractivity contribution in [3.63, 3.8) is 0 Å². The number of benzene rings is 3. The van der Waals surface area contributed by atoms with Gasteiger partial charge in [-0.1, -0.05) is 0 Å². The van der Waals surface area contributed by atoms with E-state index in [2.05, 4.69) is 15.0 Å². The average Bonchev–Trinajstić information content (AvgIpc) is 2.73. The van der Waals surface area contributed by atoms with Crippen LogP contribution in [0.5, 0.6) is 17.2 Å². The van der Waals surface area contributed by atoms with Crippen LogP contribution in [0.4, 0.5) is 17.1 Å². The second kappa shape index (κ2) is 7.13. The van der Waals surface area contributed by atoms with Gasteiger partial charge in [0.15, 0.2) is 17.5 Å². The van der Waals surface area contributed by atoms with Crippen molar-refractivity contribution in [2.24, 2.45) is 0 Å². The quantitative estimate of drug-likeness (QED) is 0.222. The first-order valence-electron chi connectivity index (χ1n) is 8.84. The van der Waals surface area contributed by atoms with Gasteiger partial charge < -0.3 is 32.5 Å². The van der Waals surface area contributed by atoms with Crippen molar-refractivity contribution in [2.45, 2.75) is 0 Å². The molecule has 1 heterocycles. The Morgan fingerprint density at radius 2 is 0.733 bits per heavy atom. The Labute approximate surface area is 171 Å². The minimum atomic E-state index is -0.105. The lowest BCUT2D eigenvalue weighted by Gasteiger charge is -2.10. The monoisotopic (exact) mass is 402 g/mol. The summed E-state index contributed by atoms with van der Waals surface area (Å²) in [5, 5.41) is 29.9. The number of rotatable bonds is 3. The standard InChI is InChI=1S/C21H18N6O3/c22-13-4-1-10(7-16(13)28)19-25-20(11-2-5-14(23)17(29)8-11)27-21(26-19)12-3-6-15(24)18(30)9-12/h1-9,28-30H,22-24H2. The Hall–Kier alpha value is -4.53. The molecule has 4 rings (SSSR count). The summed E-state index contributed by atoms with van der Waals surface area (Å²) >= 11 is 0. The molecule has 0 fully saturated rings. The predicted octanol–water partition coefficient (Wildman–Crippen LogP) is 2.74. The fourth-order valence-electron chi connectivity index (χ4n) is 2.81. The molecular formula is C21H18N6O3. The molecule has 9 nitrogen and oxygen atoms in total. The lowest BCUT2D eigenvalue weighted by Crippen LogP contribution is -2.01. The molecule has 0 bridgehead atoms. The number of nitrogens with two attached hydrogens (primary N) is 3. The van der Waals surface area contributed by atoms with E-state index in [4.69, 9.17) is 17.2 Å². The Balaban J connectivity index is 1.94. The van der Waals surface area contributed by atoms with E-state index in [0.717, 1.165) is 0 Å². The molecular weight excluding hydrogens is 384 g/mol. The lowest BCUT2D eigenvalue weighted by molar-refractivity contribution is 0.478. The van der Waals surface area contributed by atoms with Gasteiger partial charge in [0.25, 0.3) is 0 Å². The van der Waals surface area contributed by atoms with E-state index in [1.165, 1.54) is 36.4 Å². The maximum atomic E-state index is 9.98. The number of aromatic nitrogens is 3. The highest BCUT2D eigenvalue weighted by atomic mass is 16.3. The third-order valence-electron chi connectivity index (χ3n) is 4.50. The van der Waals surface area contributed by atoms with E-state index in [0.29, 0.717) is 16.7 Å². The molecule has 4 aromatic rings. The predicted molar refractivity (Wildman–Crippen MR) is 114 cm³/mol. The second-order valence-electron chi connectivity index (χ2n) is 6.63. The molecule has 0 aliphatic carbocycles. The third-order valence-corrected chi connectivity index (χ3v) is 4.50. The van der Waals surface area contributed by atoms with Gasteiger partial charge in [-0.15, -0.1) is 0 Å². The van der Waals surface area contributed by atoms with Crippen LogP contribution in [-0.2, 0) is 0 Å². The minimum absolute atomic E-state index is 0.105. The van der Waals surface area contributed by atoms with Crippen LogP contribution in [0, 0.1) is 0 Å². The summed E-state index contributed by atoms with van der Waals surface area (Å²) in [4.78, 5) is 13.4. The molecule has 0 unspecified atom stereocenters. The Bertz CT molecular complexity index is 1110. The fraction of sp³-hybridized carbons (Fsp3) is 0. The van der Waals surface area contributed by atoms with Gasteiger partial charge in [0.2, 0.25) is 0 Å². The van der Waals surface area contributed by atoms with E-state index in [1.807, 2.05) is 0 Å². The normalized spacial score (nSPS) is 10.8. The van der Waals surface area contributed by atoms with Crippen molar-refractivity contribution < 1.29 is 15.3 Å². The summed E-state index contributed by atoms with van der Waals surface area (Å²) in [6, 6.07) is 13.9. The Morgan fingerprint density at radius 1 is 0.467 bits per heavy atom. The highest BCUT2D eigenvalue weighted by molar-refractivity contribution is 5.72. The van der Waals surface area contributed by atoms with Gasteiger partial charge >= 0.3 is 0 Å². The number of hydrogen-bond donors (Lipinski definition) is 6. The molecule has 0 atom stereocenters. The second-order valence-corrected chi connectivity index (χ2v) is 6.63. The van der Waals surface area contributed by atoms with Gasteiger partial charge in [-0.25, -0.2) is 15.0 Å². The van der Waals surface area contributed by atoms with Crippen LogP contribution < -0.4 is 17.2 Å². The lowest BCUT2D eigenvalue weighted by atomic mass is 10.1. The molecule has 30 heavy (non-hydrogen) atoms.